The Hall–Kier alpha value is -2.15. The maximum Gasteiger partial charge on any atom is 0.165 e. The van der Waals surface area contributed by atoms with Crippen LogP contribution in [0.2, 0.25) is 5.15 Å². The fraction of sp³-hybridized carbons (Fsp3) is 0.222. The number of nitrogens with zero attached hydrogens (tertiary/aromatic N) is 2. The van der Waals surface area contributed by atoms with E-state index < -0.39 is 0 Å². The van der Waals surface area contributed by atoms with Crippen molar-refractivity contribution in [2.75, 3.05) is 14.2 Å². The van der Waals surface area contributed by atoms with Crippen molar-refractivity contribution < 1.29 is 9.47 Å². The number of halogens is 1. The molecule has 0 bridgehead atoms. The van der Waals surface area contributed by atoms with E-state index in [1.807, 2.05) is 36.5 Å². The second kappa shape index (κ2) is 8.29. The highest BCUT2D eigenvalue weighted by Gasteiger charge is 2.11. The zero-order valence-electron chi connectivity index (χ0n) is 14.0. The maximum atomic E-state index is 6.14. The van der Waals surface area contributed by atoms with Crippen LogP contribution in [0.1, 0.15) is 10.6 Å². The molecule has 0 atom stereocenters. The molecule has 0 saturated carbocycles. The Morgan fingerprint density at radius 1 is 1.08 bits per heavy atom. The van der Waals surface area contributed by atoms with E-state index in [9.17, 15) is 0 Å². The van der Waals surface area contributed by atoms with Gasteiger partial charge in [-0.1, -0.05) is 23.7 Å². The van der Waals surface area contributed by atoms with Gasteiger partial charge in [0, 0.05) is 36.6 Å². The lowest BCUT2D eigenvalue weighted by Crippen LogP contribution is -2.13. The van der Waals surface area contributed by atoms with Crippen molar-refractivity contribution in [2.24, 2.45) is 0 Å². The minimum Gasteiger partial charge on any atom is -0.493 e. The van der Waals surface area contributed by atoms with Crippen LogP contribution in [-0.2, 0) is 13.1 Å². The molecule has 0 fully saturated rings. The van der Waals surface area contributed by atoms with Crippen LogP contribution in [0.4, 0.5) is 0 Å². The first kappa shape index (κ1) is 17.7. The van der Waals surface area contributed by atoms with E-state index in [1.165, 1.54) is 0 Å². The van der Waals surface area contributed by atoms with Gasteiger partial charge in [-0.2, -0.15) is 0 Å². The van der Waals surface area contributed by atoms with Gasteiger partial charge >= 0.3 is 0 Å². The highest BCUT2D eigenvalue weighted by Crippen LogP contribution is 2.32. The normalized spacial score (nSPS) is 10.7. The average molecular weight is 376 g/mol. The number of methoxy groups -OCH3 is 2. The number of ether oxygens (including phenoxy) is 2. The maximum absolute atomic E-state index is 6.14. The van der Waals surface area contributed by atoms with E-state index in [1.54, 1.807) is 31.8 Å². The number of hydrogen-bond donors (Lipinski definition) is 1. The Morgan fingerprint density at radius 3 is 2.72 bits per heavy atom. The van der Waals surface area contributed by atoms with Gasteiger partial charge in [0.05, 0.1) is 19.1 Å². The van der Waals surface area contributed by atoms with Gasteiger partial charge in [-0.05, 0) is 18.2 Å². The van der Waals surface area contributed by atoms with Crippen LogP contribution in [0.5, 0.6) is 11.5 Å². The third-order valence-corrected chi connectivity index (χ3v) is 4.99. The Bertz CT molecular complexity index is 854. The topological polar surface area (TPSA) is 56.3 Å². The zero-order chi connectivity index (χ0) is 17.6. The van der Waals surface area contributed by atoms with Gasteiger partial charge in [0.2, 0.25) is 0 Å². The minimum absolute atomic E-state index is 0.492. The van der Waals surface area contributed by atoms with Gasteiger partial charge < -0.3 is 14.8 Å². The molecule has 0 spiro atoms. The lowest BCUT2D eigenvalue weighted by molar-refractivity contribution is 0.350. The molecule has 0 unspecified atom stereocenters. The number of nitrogens with one attached hydrogen (secondary N) is 1. The molecule has 3 rings (SSSR count). The molecular formula is C18H18ClN3O2S. The molecule has 2 aromatic heterocycles. The highest BCUT2D eigenvalue weighted by molar-refractivity contribution is 7.15. The van der Waals surface area contributed by atoms with Crippen molar-refractivity contribution >= 4 is 22.9 Å². The van der Waals surface area contributed by atoms with E-state index >= 15 is 0 Å². The molecule has 2 heterocycles. The largest absolute Gasteiger partial charge is 0.493 e. The number of thiazole rings is 1. The predicted molar refractivity (Wildman–Crippen MR) is 100 cm³/mol. The van der Waals surface area contributed by atoms with Crippen LogP contribution >= 0.6 is 22.9 Å². The van der Waals surface area contributed by atoms with Crippen molar-refractivity contribution in [3.05, 3.63) is 58.4 Å². The first-order valence-electron chi connectivity index (χ1n) is 7.69. The SMILES string of the molecule is COc1cccc(CNCc2ncc(-c3cccnc3Cl)s2)c1OC. The monoisotopic (exact) mass is 375 g/mol. The molecule has 1 N–H and O–H groups in total. The van der Waals surface area contributed by atoms with Gasteiger partial charge in [-0.25, -0.2) is 9.97 Å². The minimum atomic E-state index is 0.492. The molecular weight excluding hydrogens is 358 g/mol. The zero-order valence-corrected chi connectivity index (χ0v) is 15.5. The first-order chi connectivity index (χ1) is 12.2. The second-order valence-corrected chi connectivity index (χ2v) is 6.69. The number of benzene rings is 1. The fourth-order valence-corrected chi connectivity index (χ4v) is 3.67. The molecule has 0 amide bonds. The number of pyridine rings is 1. The molecule has 130 valence electrons. The Morgan fingerprint density at radius 2 is 1.96 bits per heavy atom. The third-order valence-electron chi connectivity index (χ3n) is 3.65. The van der Waals surface area contributed by atoms with Crippen molar-refractivity contribution in [1.29, 1.82) is 0 Å². The number of hydrogen-bond acceptors (Lipinski definition) is 6. The first-order valence-corrected chi connectivity index (χ1v) is 8.88. The molecule has 0 radical (unpaired) electrons. The van der Waals surface area contributed by atoms with Gasteiger partial charge in [0.1, 0.15) is 10.2 Å². The summed E-state index contributed by atoms with van der Waals surface area (Å²) in [5.41, 5.74) is 1.94. The summed E-state index contributed by atoms with van der Waals surface area (Å²) < 4.78 is 10.8. The predicted octanol–water partition coefficient (Wildman–Crippen LogP) is 4.17. The van der Waals surface area contributed by atoms with Crippen LogP contribution in [0.25, 0.3) is 10.4 Å². The third kappa shape index (κ3) is 4.10. The summed E-state index contributed by atoms with van der Waals surface area (Å²) in [7, 11) is 3.28. The Kier molecular flexibility index (Phi) is 5.86. The Labute approximate surface area is 155 Å². The molecule has 3 aromatic rings. The molecule has 25 heavy (non-hydrogen) atoms. The average Bonchev–Trinajstić information content (AvgIpc) is 3.10. The van der Waals surface area contributed by atoms with Gasteiger partial charge in [0.25, 0.3) is 0 Å². The summed E-state index contributed by atoms with van der Waals surface area (Å²) in [4.78, 5) is 9.57. The summed E-state index contributed by atoms with van der Waals surface area (Å²) in [5.74, 6) is 1.48. The highest BCUT2D eigenvalue weighted by atomic mass is 35.5. The summed E-state index contributed by atoms with van der Waals surface area (Å²) >= 11 is 7.74. The molecule has 0 aliphatic rings. The summed E-state index contributed by atoms with van der Waals surface area (Å²) in [6, 6.07) is 9.66. The van der Waals surface area contributed by atoms with Crippen LogP contribution in [-0.4, -0.2) is 24.2 Å². The van der Waals surface area contributed by atoms with Crippen molar-refractivity contribution in [2.45, 2.75) is 13.1 Å². The summed E-state index contributed by atoms with van der Waals surface area (Å²) in [6.07, 6.45) is 3.51. The van der Waals surface area contributed by atoms with Crippen molar-refractivity contribution in [3.63, 3.8) is 0 Å². The van der Waals surface area contributed by atoms with Crippen LogP contribution < -0.4 is 14.8 Å². The standard InChI is InChI=1S/C18H18ClN3O2S/c1-23-14-7-3-5-12(17(14)24-2)9-20-11-16-22-10-15(25-16)13-6-4-8-21-18(13)19/h3-8,10,20H,9,11H2,1-2H3. The van der Waals surface area contributed by atoms with Crippen LogP contribution in [0.3, 0.4) is 0 Å². The van der Waals surface area contributed by atoms with Crippen LogP contribution in [0, 0.1) is 0 Å². The molecule has 0 saturated heterocycles. The van der Waals surface area contributed by atoms with Crippen LogP contribution in [0.15, 0.2) is 42.7 Å². The molecule has 5 nitrogen and oxygen atoms in total. The number of aromatic nitrogens is 2. The molecule has 0 aliphatic heterocycles. The van der Waals surface area contributed by atoms with E-state index in [0.29, 0.717) is 18.2 Å². The lowest BCUT2D eigenvalue weighted by Gasteiger charge is -2.12. The smallest absolute Gasteiger partial charge is 0.165 e. The van der Waals surface area contributed by atoms with E-state index in [0.717, 1.165) is 32.5 Å². The second-order valence-electron chi connectivity index (χ2n) is 5.22. The summed E-state index contributed by atoms with van der Waals surface area (Å²) in [6.45, 7) is 1.31. The quantitative estimate of drug-likeness (QED) is 0.628. The van der Waals surface area contributed by atoms with Crippen molar-refractivity contribution in [3.8, 4) is 21.9 Å². The van der Waals surface area contributed by atoms with Gasteiger partial charge in [-0.15, -0.1) is 11.3 Å². The van der Waals surface area contributed by atoms with E-state index in [2.05, 4.69) is 15.3 Å². The summed E-state index contributed by atoms with van der Waals surface area (Å²) in [5, 5.41) is 4.86. The number of rotatable bonds is 7. The van der Waals surface area contributed by atoms with Gasteiger partial charge in [-0.3, -0.25) is 0 Å². The molecule has 7 heteroatoms. The fourth-order valence-electron chi connectivity index (χ4n) is 2.48. The van der Waals surface area contributed by atoms with Crippen molar-refractivity contribution in [1.82, 2.24) is 15.3 Å². The molecule has 1 aromatic carbocycles. The van der Waals surface area contributed by atoms with Gasteiger partial charge in [0.15, 0.2) is 11.5 Å². The van der Waals surface area contributed by atoms with E-state index in [-0.39, 0.29) is 0 Å². The van der Waals surface area contributed by atoms with E-state index in [4.69, 9.17) is 21.1 Å². The number of para-hydroxylation sites is 1. The molecule has 0 aliphatic carbocycles. The lowest BCUT2D eigenvalue weighted by atomic mass is 10.2. The Balaban J connectivity index is 1.65.